The molecule has 0 heterocycles. The summed E-state index contributed by atoms with van der Waals surface area (Å²) in [4.78, 5) is 0. The van der Waals surface area contributed by atoms with Crippen LogP contribution in [0.3, 0.4) is 0 Å². The highest BCUT2D eigenvalue weighted by molar-refractivity contribution is 5.68. The lowest BCUT2D eigenvalue weighted by atomic mass is 9.91. The number of aliphatic hydroxyl groups is 2. The average molecular weight is 341 g/mol. The van der Waals surface area contributed by atoms with Gasteiger partial charge in [-0.05, 0) is 59.4 Å². The van der Waals surface area contributed by atoms with Gasteiger partial charge in [-0.15, -0.1) is 0 Å². The molecule has 0 fully saturated rings. The Bertz CT molecular complexity index is 642. The fourth-order valence-corrected chi connectivity index (χ4v) is 3.21. The molecule has 2 aromatic rings. The number of hydrogen-bond donors (Lipinski definition) is 2. The van der Waals surface area contributed by atoms with Crippen molar-refractivity contribution in [2.75, 3.05) is 13.2 Å². The van der Waals surface area contributed by atoms with Gasteiger partial charge in [-0.3, -0.25) is 0 Å². The van der Waals surface area contributed by atoms with Gasteiger partial charge in [-0.2, -0.15) is 0 Å². The predicted molar refractivity (Wildman–Crippen MR) is 106 cm³/mol. The Hall–Kier alpha value is -1.64. The van der Waals surface area contributed by atoms with Crippen LogP contribution in [0.15, 0.2) is 42.5 Å². The van der Waals surface area contributed by atoms with Crippen molar-refractivity contribution in [2.45, 2.75) is 52.4 Å². The number of rotatable bonds is 9. The van der Waals surface area contributed by atoms with Gasteiger partial charge in [-0.1, -0.05) is 63.2 Å². The molecule has 2 aromatic carbocycles. The molecule has 0 amide bonds. The highest BCUT2D eigenvalue weighted by atomic mass is 16.3. The van der Waals surface area contributed by atoms with Crippen molar-refractivity contribution >= 4 is 0 Å². The third-order valence-corrected chi connectivity index (χ3v) is 5.31. The van der Waals surface area contributed by atoms with E-state index in [0.717, 1.165) is 25.7 Å². The van der Waals surface area contributed by atoms with Gasteiger partial charge in [0.05, 0.1) is 0 Å². The highest BCUT2D eigenvalue weighted by Crippen LogP contribution is 2.28. The quantitative estimate of drug-likeness (QED) is 0.677. The standard InChI is InChI=1S/C23H32O2/c1-4-17(3)21-9-11-22(12-10-21)23-13-8-18(14-20(23)5-2)6-7-19(15-24)16-25/h8-14,17,19,24-25H,4-7,15-16H2,1-3H3. The fraction of sp³-hybridized carbons (Fsp3) is 0.478. The smallest absolute Gasteiger partial charge is 0.0481 e. The Labute approximate surface area is 152 Å². The van der Waals surface area contributed by atoms with E-state index in [1.165, 1.54) is 27.8 Å². The van der Waals surface area contributed by atoms with Crippen LogP contribution in [0.1, 0.15) is 56.2 Å². The fourth-order valence-electron chi connectivity index (χ4n) is 3.21. The number of benzene rings is 2. The van der Waals surface area contributed by atoms with Crippen LogP contribution in [0.25, 0.3) is 11.1 Å². The van der Waals surface area contributed by atoms with Crippen molar-refractivity contribution in [3.8, 4) is 11.1 Å². The van der Waals surface area contributed by atoms with Gasteiger partial charge >= 0.3 is 0 Å². The number of aryl methyl sites for hydroxylation is 2. The molecule has 0 saturated carbocycles. The molecule has 2 rings (SSSR count). The summed E-state index contributed by atoms with van der Waals surface area (Å²) in [6, 6.07) is 15.7. The van der Waals surface area contributed by atoms with Crippen LogP contribution in [-0.2, 0) is 12.8 Å². The van der Waals surface area contributed by atoms with Crippen LogP contribution in [0.4, 0.5) is 0 Å². The van der Waals surface area contributed by atoms with Crippen molar-refractivity contribution < 1.29 is 10.2 Å². The third-order valence-electron chi connectivity index (χ3n) is 5.31. The first-order valence-electron chi connectivity index (χ1n) is 9.56. The Balaban J connectivity index is 2.18. The largest absolute Gasteiger partial charge is 0.396 e. The summed E-state index contributed by atoms with van der Waals surface area (Å²) in [5.74, 6) is 0.589. The van der Waals surface area contributed by atoms with Gasteiger partial charge < -0.3 is 10.2 Å². The third kappa shape index (κ3) is 5.17. The molecule has 2 heteroatoms. The maximum atomic E-state index is 9.22. The van der Waals surface area contributed by atoms with E-state index in [1.807, 2.05) is 0 Å². The second-order valence-corrected chi connectivity index (χ2v) is 7.05. The summed E-state index contributed by atoms with van der Waals surface area (Å²) in [6.07, 6.45) is 3.88. The Morgan fingerprint density at radius 2 is 1.60 bits per heavy atom. The molecule has 0 radical (unpaired) electrons. The second kappa shape index (κ2) is 9.74. The molecule has 1 atom stereocenters. The monoisotopic (exact) mass is 340 g/mol. The molecule has 0 saturated heterocycles. The average Bonchev–Trinajstić information content (AvgIpc) is 2.68. The van der Waals surface area contributed by atoms with Crippen LogP contribution in [0.2, 0.25) is 0 Å². The van der Waals surface area contributed by atoms with Gasteiger partial charge in [0.25, 0.3) is 0 Å². The zero-order chi connectivity index (χ0) is 18.2. The molecular weight excluding hydrogens is 308 g/mol. The van der Waals surface area contributed by atoms with Gasteiger partial charge in [0.1, 0.15) is 0 Å². The van der Waals surface area contributed by atoms with E-state index in [4.69, 9.17) is 0 Å². The summed E-state index contributed by atoms with van der Waals surface area (Å²) in [5.41, 5.74) is 6.63. The molecule has 0 aromatic heterocycles. The van der Waals surface area contributed by atoms with Gasteiger partial charge in [0.2, 0.25) is 0 Å². The zero-order valence-electron chi connectivity index (χ0n) is 15.8. The Morgan fingerprint density at radius 3 is 2.16 bits per heavy atom. The maximum Gasteiger partial charge on any atom is 0.0481 e. The first-order chi connectivity index (χ1) is 12.1. The number of hydrogen-bond acceptors (Lipinski definition) is 2. The van der Waals surface area contributed by atoms with Gasteiger partial charge in [0, 0.05) is 19.1 Å². The molecule has 2 N–H and O–H groups in total. The van der Waals surface area contributed by atoms with Crippen molar-refractivity contribution in [1.82, 2.24) is 0 Å². The van der Waals surface area contributed by atoms with Crippen LogP contribution in [-0.4, -0.2) is 23.4 Å². The normalized spacial score (nSPS) is 12.6. The van der Waals surface area contributed by atoms with Crippen molar-refractivity contribution in [1.29, 1.82) is 0 Å². The number of aliphatic hydroxyl groups excluding tert-OH is 2. The van der Waals surface area contributed by atoms with E-state index < -0.39 is 0 Å². The van der Waals surface area contributed by atoms with E-state index in [9.17, 15) is 10.2 Å². The molecule has 0 aliphatic rings. The van der Waals surface area contributed by atoms with E-state index in [2.05, 4.69) is 63.2 Å². The van der Waals surface area contributed by atoms with E-state index >= 15 is 0 Å². The molecular formula is C23H32O2. The predicted octanol–water partition coefficient (Wildman–Crippen LogP) is 4.96. The summed E-state index contributed by atoms with van der Waals surface area (Å²) in [5, 5.41) is 18.4. The van der Waals surface area contributed by atoms with E-state index in [-0.39, 0.29) is 19.1 Å². The van der Waals surface area contributed by atoms with Crippen molar-refractivity contribution in [2.24, 2.45) is 5.92 Å². The highest BCUT2D eigenvalue weighted by Gasteiger charge is 2.10. The summed E-state index contributed by atoms with van der Waals surface area (Å²) >= 11 is 0. The first-order valence-corrected chi connectivity index (χ1v) is 9.56. The van der Waals surface area contributed by atoms with E-state index in [1.54, 1.807) is 0 Å². The van der Waals surface area contributed by atoms with Crippen LogP contribution in [0.5, 0.6) is 0 Å². The lowest BCUT2D eigenvalue weighted by Crippen LogP contribution is -2.11. The lowest BCUT2D eigenvalue weighted by Gasteiger charge is -2.14. The molecule has 0 bridgehead atoms. The molecule has 25 heavy (non-hydrogen) atoms. The van der Waals surface area contributed by atoms with Gasteiger partial charge in [0.15, 0.2) is 0 Å². The topological polar surface area (TPSA) is 40.5 Å². The summed E-state index contributed by atoms with van der Waals surface area (Å²) < 4.78 is 0. The molecule has 0 aliphatic carbocycles. The SMILES string of the molecule is CCc1cc(CCC(CO)CO)ccc1-c1ccc(C(C)CC)cc1. The molecule has 0 aliphatic heterocycles. The van der Waals surface area contributed by atoms with Gasteiger partial charge in [-0.25, -0.2) is 0 Å². The van der Waals surface area contributed by atoms with Crippen molar-refractivity contribution in [3.63, 3.8) is 0 Å². The minimum atomic E-state index is -0.0159. The Kier molecular flexibility index (Phi) is 7.67. The zero-order valence-corrected chi connectivity index (χ0v) is 15.8. The summed E-state index contributed by atoms with van der Waals surface area (Å²) in [7, 11) is 0. The van der Waals surface area contributed by atoms with Crippen LogP contribution < -0.4 is 0 Å². The van der Waals surface area contributed by atoms with Crippen LogP contribution >= 0.6 is 0 Å². The first kappa shape index (κ1) is 19.7. The van der Waals surface area contributed by atoms with E-state index in [0.29, 0.717) is 5.92 Å². The summed E-state index contributed by atoms with van der Waals surface area (Å²) in [6.45, 7) is 6.80. The Morgan fingerprint density at radius 1 is 0.920 bits per heavy atom. The molecule has 2 nitrogen and oxygen atoms in total. The molecule has 136 valence electrons. The minimum absolute atomic E-state index is 0.0159. The van der Waals surface area contributed by atoms with Crippen LogP contribution in [0, 0.1) is 5.92 Å². The second-order valence-electron chi connectivity index (χ2n) is 7.05. The minimum Gasteiger partial charge on any atom is -0.396 e. The molecule has 0 spiro atoms. The molecule has 1 unspecified atom stereocenters. The lowest BCUT2D eigenvalue weighted by molar-refractivity contribution is 0.144. The van der Waals surface area contributed by atoms with Crippen molar-refractivity contribution in [3.05, 3.63) is 59.2 Å². The maximum absolute atomic E-state index is 9.22.